The van der Waals surface area contributed by atoms with Crippen LogP contribution >= 0.6 is 0 Å². The Morgan fingerprint density at radius 2 is 1.43 bits per heavy atom. The summed E-state index contributed by atoms with van der Waals surface area (Å²) in [5, 5.41) is 17.1. The summed E-state index contributed by atoms with van der Waals surface area (Å²) in [5.74, 6) is 6.74. The van der Waals surface area contributed by atoms with Gasteiger partial charge >= 0.3 is 0 Å². The first kappa shape index (κ1) is 38.3. The molecule has 54 heavy (non-hydrogen) atoms. The van der Waals surface area contributed by atoms with E-state index in [-0.39, 0.29) is 0 Å². The number of nitrogens with one attached hydrogen (secondary N) is 2. The highest BCUT2D eigenvalue weighted by Crippen LogP contribution is 2.44. The lowest BCUT2D eigenvalue weighted by molar-refractivity contribution is 0.336. The highest BCUT2D eigenvalue weighted by atomic mass is 15.5. The standard InChI is InChI=1S/C42H64N12/c1-8-32-25-45-54(52-32)35-18-13-30(22-35)23-36-38(43-9-2)41(51-42(50-36)53-19-11-12-20-53)49-34-16-14-33(15-17-34)48-40-39(44-10-3)37(46-29(7)47-40)24-31-21-26(4)27(5)28(31)6/h9-10,25-28,30-31,33-35H,8,11-24H2,1-7H3,(H,46,47,48)(H,49,50,51)/t26-,27+,28?,30-,31-,33?,34?,35?/m0/s1. The summed E-state index contributed by atoms with van der Waals surface area (Å²) in [5.41, 5.74) is 5.04. The van der Waals surface area contributed by atoms with Crippen molar-refractivity contribution in [1.29, 1.82) is 0 Å². The molecular weight excluding hydrogens is 673 g/mol. The third kappa shape index (κ3) is 8.62. The van der Waals surface area contributed by atoms with Crippen LogP contribution in [0.3, 0.4) is 0 Å². The minimum Gasteiger partial charge on any atom is -0.365 e. The van der Waals surface area contributed by atoms with Gasteiger partial charge in [-0.2, -0.15) is 20.0 Å². The van der Waals surface area contributed by atoms with Crippen LogP contribution in [0.5, 0.6) is 0 Å². The first-order chi connectivity index (χ1) is 26.2. The van der Waals surface area contributed by atoms with Crippen molar-refractivity contribution in [1.82, 2.24) is 34.9 Å². The zero-order valence-electron chi connectivity index (χ0n) is 33.9. The molecule has 4 aliphatic rings. The fourth-order valence-corrected chi connectivity index (χ4v) is 9.69. The Morgan fingerprint density at radius 1 is 0.778 bits per heavy atom. The minimum absolute atomic E-state index is 0.307. The Balaban J connectivity index is 1.05. The number of rotatable bonds is 13. The van der Waals surface area contributed by atoms with Crippen molar-refractivity contribution in [2.24, 2.45) is 39.6 Å². The summed E-state index contributed by atoms with van der Waals surface area (Å²) in [6.45, 7) is 17.4. The van der Waals surface area contributed by atoms with E-state index in [1.54, 1.807) is 0 Å². The van der Waals surface area contributed by atoms with Crippen LogP contribution in [0.2, 0.25) is 0 Å². The molecule has 2 N–H and O–H groups in total. The minimum atomic E-state index is 0.307. The molecule has 3 aliphatic carbocycles. The molecule has 12 heteroatoms. The summed E-state index contributed by atoms with van der Waals surface area (Å²) in [6.07, 6.45) is 19.5. The van der Waals surface area contributed by atoms with Gasteiger partial charge in [0.05, 0.1) is 29.3 Å². The van der Waals surface area contributed by atoms with Crippen molar-refractivity contribution >= 4 is 41.4 Å². The summed E-state index contributed by atoms with van der Waals surface area (Å²) >= 11 is 0. The van der Waals surface area contributed by atoms with E-state index in [1.807, 2.05) is 44.2 Å². The van der Waals surface area contributed by atoms with Crippen molar-refractivity contribution < 1.29 is 0 Å². The number of anilines is 3. The first-order valence-electron chi connectivity index (χ1n) is 21.2. The molecule has 1 saturated heterocycles. The van der Waals surface area contributed by atoms with Gasteiger partial charge in [0, 0.05) is 37.6 Å². The largest absolute Gasteiger partial charge is 0.365 e. The molecule has 12 nitrogen and oxygen atoms in total. The van der Waals surface area contributed by atoms with E-state index < -0.39 is 0 Å². The second-order valence-corrected chi connectivity index (χ2v) is 16.8. The quantitative estimate of drug-likeness (QED) is 0.165. The number of hydrogen-bond donors (Lipinski definition) is 2. The molecule has 292 valence electrons. The third-order valence-electron chi connectivity index (χ3n) is 13.2. The van der Waals surface area contributed by atoms with Gasteiger partial charge in [0.1, 0.15) is 17.2 Å². The normalized spacial score (nSPS) is 28.9. The Kier molecular flexibility index (Phi) is 12.2. The maximum Gasteiger partial charge on any atom is 0.227 e. The van der Waals surface area contributed by atoms with E-state index in [0.29, 0.717) is 35.9 Å². The zero-order valence-corrected chi connectivity index (χ0v) is 33.9. The molecule has 3 aromatic rings. The SMILES string of the molecule is CC=Nc1c(C[C@@H]2C[C@H](C)[C@@H](C)C2C)nc(C)nc1NC1CCC(Nc2nc(N3CCCC3)nc(C[C@H]3CCC(n4ncc(CC)n4)C3)c2N=CC)CC1. The molecule has 0 aromatic carbocycles. The number of aryl methyl sites for hydroxylation is 2. The van der Waals surface area contributed by atoms with E-state index in [2.05, 4.69) is 48.3 Å². The number of hydrogen-bond acceptors (Lipinski definition) is 11. The summed E-state index contributed by atoms with van der Waals surface area (Å²) < 4.78 is 0. The van der Waals surface area contributed by atoms with Gasteiger partial charge in [-0.1, -0.05) is 27.7 Å². The molecule has 4 fully saturated rings. The van der Waals surface area contributed by atoms with Gasteiger partial charge in [-0.05, 0) is 134 Å². The van der Waals surface area contributed by atoms with E-state index in [4.69, 9.17) is 35.0 Å². The zero-order chi connectivity index (χ0) is 37.8. The van der Waals surface area contributed by atoms with E-state index in [0.717, 1.165) is 141 Å². The molecule has 0 bridgehead atoms. The molecule has 4 heterocycles. The smallest absolute Gasteiger partial charge is 0.227 e. The summed E-state index contributed by atoms with van der Waals surface area (Å²) in [6, 6.07) is 0.978. The maximum absolute atomic E-state index is 5.24. The van der Waals surface area contributed by atoms with E-state index in [9.17, 15) is 0 Å². The lowest BCUT2D eigenvalue weighted by atomic mass is 9.88. The molecule has 0 amide bonds. The van der Waals surface area contributed by atoms with Crippen LogP contribution in [-0.2, 0) is 19.3 Å². The van der Waals surface area contributed by atoms with Gasteiger partial charge in [-0.3, -0.25) is 9.98 Å². The summed E-state index contributed by atoms with van der Waals surface area (Å²) in [4.78, 5) is 34.4. The highest BCUT2D eigenvalue weighted by Gasteiger charge is 2.36. The van der Waals surface area contributed by atoms with Gasteiger partial charge in [0.15, 0.2) is 11.6 Å². The van der Waals surface area contributed by atoms with Gasteiger partial charge in [-0.15, -0.1) is 0 Å². The molecule has 0 radical (unpaired) electrons. The number of aromatic nitrogens is 7. The Labute approximate surface area is 323 Å². The topological polar surface area (TPSA) is 134 Å². The lowest BCUT2D eigenvalue weighted by Gasteiger charge is -2.31. The van der Waals surface area contributed by atoms with Gasteiger partial charge < -0.3 is 15.5 Å². The molecule has 6 atom stereocenters. The van der Waals surface area contributed by atoms with Crippen LogP contribution in [0.4, 0.5) is 29.0 Å². The van der Waals surface area contributed by atoms with E-state index >= 15 is 0 Å². The first-order valence-corrected chi connectivity index (χ1v) is 21.2. The van der Waals surface area contributed by atoms with Crippen molar-refractivity contribution in [3.8, 4) is 0 Å². The van der Waals surface area contributed by atoms with Gasteiger partial charge in [0.2, 0.25) is 5.95 Å². The molecule has 3 aromatic heterocycles. The highest BCUT2D eigenvalue weighted by molar-refractivity contribution is 5.73. The predicted molar refractivity (Wildman–Crippen MR) is 220 cm³/mol. The molecule has 2 unspecified atom stereocenters. The Morgan fingerprint density at radius 3 is 2.02 bits per heavy atom. The average molecular weight is 737 g/mol. The predicted octanol–water partition coefficient (Wildman–Crippen LogP) is 8.66. The van der Waals surface area contributed by atoms with Crippen molar-refractivity contribution in [2.45, 2.75) is 150 Å². The molecule has 3 saturated carbocycles. The second kappa shape index (κ2) is 17.2. The van der Waals surface area contributed by atoms with E-state index in [1.165, 1.54) is 19.3 Å². The van der Waals surface area contributed by atoms with Gasteiger partial charge in [0.25, 0.3) is 0 Å². The number of aliphatic imine (C=N–C) groups is 2. The van der Waals surface area contributed by atoms with Crippen molar-refractivity contribution in [3.63, 3.8) is 0 Å². The van der Waals surface area contributed by atoms with Crippen LogP contribution in [0.1, 0.15) is 135 Å². The van der Waals surface area contributed by atoms with Crippen molar-refractivity contribution in [2.75, 3.05) is 28.6 Å². The molecule has 1 aliphatic heterocycles. The Bertz CT molecular complexity index is 1770. The van der Waals surface area contributed by atoms with Crippen molar-refractivity contribution in [3.05, 3.63) is 29.1 Å². The van der Waals surface area contributed by atoms with Crippen LogP contribution in [-0.4, -0.2) is 72.5 Å². The third-order valence-corrected chi connectivity index (χ3v) is 13.2. The molecular formula is C42H64N12. The molecule has 0 spiro atoms. The molecule has 7 rings (SSSR count). The fourth-order valence-electron chi connectivity index (χ4n) is 9.69. The summed E-state index contributed by atoms with van der Waals surface area (Å²) in [7, 11) is 0. The number of nitrogens with zero attached hydrogens (tertiary/aromatic N) is 10. The Hall–Kier alpha value is -3.96. The monoisotopic (exact) mass is 737 g/mol. The second-order valence-electron chi connectivity index (χ2n) is 16.8. The van der Waals surface area contributed by atoms with Crippen LogP contribution in [0, 0.1) is 36.5 Å². The lowest BCUT2D eigenvalue weighted by Crippen LogP contribution is -2.33. The van der Waals surface area contributed by atoms with Crippen LogP contribution < -0.4 is 15.5 Å². The average Bonchev–Trinajstić information content (AvgIpc) is 3.99. The fraction of sp³-hybridized carbons (Fsp3) is 0.714. The van der Waals surface area contributed by atoms with Crippen LogP contribution in [0.25, 0.3) is 0 Å². The van der Waals surface area contributed by atoms with Crippen LogP contribution in [0.15, 0.2) is 16.2 Å². The maximum atomic E-state index is 5.24. The van der Waals surface area contributed by atoms with Gasteiger partial charge in [-0.25, -0.2) is 15.0 Å².